The topological polar surface area (TPSA) is 120 Å². The molecule has 0 bridgehead atoms. The van der Waals surface area contributed by atoms with Gasteiger partial charge in [-0.15, -0.1) is 0 Å². The molecule has 7 heteroatoms. The summed E-state index contributed by atoms with van der Waals surface area (Å²) < 4.78 is 10.9. The van der Waals surface area contributed by atoms with E-state index in [0.717, 1.165) is 6.07 Å². The zero-order valence-electron chi connectivity index (χ0n) is 12.6. The molecule has 0 spiro atoms. The molecule has 24 heavy (non-hydrogen) atoms. The van der Waals surface area contributed by atoms with E-state index in [1.807, 2.05) is 0 Å². The van der Waals surface area contributed by atoms with E-state index in [1.165, 1.54) is 24.3 Å². The molecule has 0 atom stereocenters. The molecule has 0 aliphatic heterocycles. The predicted molar refractivity (Wildman–Crippen MR) is 85.7 cm³/mol. The van der Waals surface area contributed by atoms with Crippen molar-refractivity contribution in [3.63, 3.8) is 0 Å². The van der Waals surface area contributed by atoms with Gasteiger partial charge in [-0.1, -0.05) is 0 Å². The van der Waals surface area contributed by atoms with Crippen LogP contribution in [0, 0.1) is 0 Å². The second-order valence-electron chi connectivity index (χ2n) is 5.04. The molecule has 0 fully saturated rings. The minimum absolute atomic E-state index is 0.00618. The van der Waals surface area contributed by atoms with Crippen LogP contribution in [-0.2, 0) is 0 Å². The Morgan fingerprint density at radius 3 is 2.33 bits per heavy atom. The minimum atomic E-state index is -0.863. The molecule has 0 aliphatic carbocycles. The molecule has 0 aliphatic rings. The molecular formula is C17H14O7. The third-order valence-corrected chi connectivity index (χ3v) is 3.48. The number of phenolic OH excluding ortho intramolecular Hbond substituents is 3. The lowest BCUT2D eigenvalue weighted by Crippen LogP contribution is -2.05. The molecule has 2 aromatic carbocycles. The first-order valence-corrected chi connectivity index (χ1v) is 7.11. The number of benzene rings is 2. The quantitative estimate of drug-likeness (QED) is 0.582. The number of rotatable bonds is 3. The van der Waals surface area contributed by atoms with Gasteiger partial charge in [-0.05, 0) is 31.2 Å². The van der Waals surface area contributed by atoms with E-state index in [1.54, 1.807) is 6.92 Å². The second-order valence-corrected chi connectivity index (χ2v) is 5.04. The van der Waals surface area contributed by atoms with Crippen LogP contribution in [0.15, 0.2) is 39.5 Å². The Hall–Kier alpha value is -3.35. The summed E-state index contributed by atoms with van der Waals surface area (Å²) in [5.41, 5.74) is -0.715. The smallest absolute Gasteiger partial charge is 0.238 e. The molecule has 0 unspecified atom stereocenters. The molecule has 7 nitrogen and oxygen atoms in total. The first-order chi connectivity index (χ1) is 11.4. The average molecular weight is 330 g/mol. The van der Waals surface area contributed by atoms with Gasteiger partial charge in [0, 0.05) is 11.6 Å². The third-order valence-electron chi connectivity index (χ3n) is 3.48. The van der Waals surface area contributed by atoms with E-state index >= 15 is 0 Å². The van der Waals surface area contributed by atoms with Crippen molar-refractivity contribution in [1.82, 2.24) is 0 Å². The second kappa shape index (κ2) is 5.69. The van der Waals surface area contributed by atoms with Crippen LogP contribution in [-0.4, -0.2) is 27.0 Å². The van der Waals surface area contributed by atoms with E-state index in [0.29, 0.717) is 5.56 Å². The summed E-state index contributed by atoms with van der Waals surface area (Å²) in [5.74, 6) is -1.90. The molecule has 124 valence electrons. The molecule has 1 aromatic heterocycles. The maximum atomic E-state index is 12.4. The van der Waals surface area contributed by atoms with Crippen LogP contribution in [0.3, 0.4) is 0 Å². The molecule has 1 heterocycles. The van der Waals surface area contributed by atoms with Crippen molar-refractivity contribution in [3.05, 3.63) is 40.6 Å². The van der Waals surface area contributed by atoms with Crippen molar-refractivity contribution in [1.29, 1.82) is 0 Å². The Bertz CT molecular complexity index is 971. The van der Waals surface area contributed by atoms with Gasteiger partial charge < -0.3 is 29.6 Å². The van der Waals surface area contributed by atoms with E-state index in [9.17, 15) is 25.2 Å². The Labute approximate surface area is 135 Å². The van der Waals surface area contributed by atoms with Crippen LogP contribution >= 0.6 is 0 Å². The summed E-state index contributed by atoms with van der Waals surface area (Å²) in [5, 5.41) is 39.1. The number of hydrogen-bond donors (Lipinski definition) is 4. The molecule has 0 saturated heterocycles. The Kier molecular flexibility index (Phi) is 3.69. The highest BCUT2D eigenvalue weighted by molar-refractivity contribution is 5.93. The molecule has 3 aromatic rings. The fourth-order valence-corrected chi connectivity index (χ4v) is 2.39. The molecule has 4 N–H and O–H groups in total. The van der Waals surface area contributed by atoms with E-state index in [4.69, 9.17) is 9.15 Å². The zero-order valence-corrected chi connectivity index (χ0v) is 12.6. The van der Waals surface area contributed by atoms with Crippen molar-refractivity contribution in [2.45, 2.75) is 6.92 Å². The van der Waals surface area contributed by atoms with E-state index < -0.39 is 22.7 Å². The molecule has 0 amide bonds. The normalized spacial score (nSPS) is 10.9. The summed E-state index contributed by atoms with van der Waals surface area (Å²) in [6.45, 7) is 1.87. The van der Waals surface area contributed by atoms with Crippen molar-refractivity contribution < 1.29 is 29.6 Å². The standard InChI is InChI=1S/C17H14O7/c1-2-23-16-11(20)7-10(19)12-13(21)14(22)15(24-17(12)16)8-3-5-9(18)6-4-8/h3-7,18-20,22H,2H2,1H3. The summed E-state index contributed by atoms with van der Waals surface area (Å²) >= 11 is 0. The van der Waals surface area contributed by atoms with Gasteiger partial charge in [0.2, 0.25) is 16.9 Å². The summed E-state index contributed by atoms with van der Waals surface area (Å²) in [7, 11) is 0. The Morgan fingerprint density at radius 1 is 1.04 bits per heavy atom. The van der Waals surface area contributed by atoms with Crippen molar-refractivity contribution >= 4 is 11.0 Å². The predicted octanol–water partition coefficient (Wildman–Crippen LogP) is 2.68. The van der Waals surface area contributed by atoms with Gasteiger partial charge >= 0.3 is 0 Å². The van der Waals surface area contributed by atoms with Crippen LogP contribution < -0.4 is 10.2 Å². The number of aromatic hydroxyl groups is 4. The first-order valence-electron chi connectivity index (χ1n) is 7.11. The van der Waals surface area contributed by atoms with Crippen LogP contribution in [0.4, 0.5) is 0 Å². The highest BCUT2D eigenvalue weighted by atomic mass is 16.5. The van der Waals surface area contributed by atoms with Gasteiger partial charge in [0.25, 0.3) is 0 Å². The maximum absolute atomic E-state index is 12.4. The highest BCUT2D eigenvalue weighted by Gasteiger charge is 2.23. The first kappa shape index (κ1) is 15.5. The summed E-state index contributed by atoms with van der Waals surface area (Å²) in [6.07, 6.45) is 0. The minimum Gasteiger partial charge on any atom is -0.508 e. The average Bonchev–Trinajstić information content (AvgIpc) is 2.55. The molecular weight excluding hydrogens is 316 g/mol. The Balaban J connectivity index is 2.41. The van der Waals surface area contributed by atoms with Gasteiger partial charge in [-0.2, -0.15) is 0 Å². The number of phenols is 3. The van der Waals surface area contributed by atoms with E-state index in [2.05, 4.69) is 0 Å². The van der Waals surface area contributed by atoms with Crippen molar-refractivity contribution in [3.8, 4) is 40.1 Å². The monoisotopic (exact) mass is 330 g/mol. The molecule has 3 rings (SSSR count). The van der Waals surface area contributed by atoms with Crippen molar-refractivity contribution in [2.75, 3.05) is 6.61 Å². The fraction of sp³-hybridized carbons (Fsp3) is 0.118. The summed E-state index contributed by atoms with van der Waals surface area (Å²) in [6, 6.07) is 6.57. The van der Waals surface area contributed by atoms with Crippen LogP contribution in [0.2, 0.25) is 0 Å². The summed E-state index contributed by atoms with van der Waals surface area (Å²) in [4.78, 5) is 12.4. The SMILES string of the molecule is CCOc1c(O)cc(O)c2c(=O)c(O)c(-c3ccc(O)cc3)oc12. The lowest BCUT2D eigenvalue weighted by atomic mass is 10.1. The number of hydrogen-bond acceptors (Lipinski definition) is 7. The van der Waals surface area contributed by atoms with E-state index in [-0.39, 0.29) is 34.8 Å². The fourth-order valence-electron chi connectivity index (χ4n) is 2.39. The van der Waals surface area contributed by atoms with Gasteiger partial charge in [0.05, 0.1) is 6.61 Å². The third kappa shape index (κ3) is 2.36. The van der Waals surface area contributed by atoms with Gasteiger partial charge in [0.1, 0.15) is 16.9 Å². The lowest BCUT2D eigenvalue weighted by Gasteiger charge is -2.12. The largest absolute Gasteiger partial charge is 0.508 e. The van der Waals surface area contributed by atoms with Gasteiger partial charge in [0.15, 0.2) is 17.1 Å². The maximum Gasteiger partial charge on any atom is 0.238 e. The number of ether oxygens (including phenoxy) is 1. The lowest BCUT2D eigenvalue weighted by molar-refractivity contribution is 0.315. The zero-order chi connectivity index (χ0) is 17.4. The molecule has 0 saturated carbocycles. The van der Waals surface area contributed by atoms with Crippen LogP contribution in [0.5, 0.6) is 28.7 Å². The van der Waals surface area contributed by atoms with Gasteiger partial charge in [-0.25, -0.2) is 0 Å². The molecule has 0 radical (unpaired) electrons. The van der Waals surface area contributed by atoms with Crippen LogP contribution in [0.1, 0.15) is 6.92 Å². The van der Waals surface area contributed by atoms with Crippen LogP contribution in [0.25, 0.3) is 22.3 Å². The number of fused-ring (bicyclic) bond motifs is 1. The van der Waals surface area contributed by atoms with Gasteiger partial charge in [-0.3, -0.25) is 4.79 Å². The Morgan fingerprint density at radius 2 is 1.71 bits per heavy atom. The highest BCUT2D eigenvalue weighted by Crippen LogP contribution is 2.42. The van der Waals surface area contributed by atoms with Crippen molar-refractivity contribution in [2.24, 2.45) is 0 Å².